The molecule has 2 rings (SSSR count). The number of nitrogens with one attached hydrogen (secondary N) is 2. The predicted molar refractivity (Wildman–Crippen MR) is 145 cm³/mol. The van der Waals surface area contributed by atoms with Gasteiger partial charge in [-0.25, -0.2) is 14.5 Å². The number of benzene rings is 2. The number of ketones is 1. The lowest BCUT2D eigenvalue weighted by atomic mass is 10.0. The van der Waals surface area contributed by atoms with Crippen molar-refractivity contribution < 1.29 is 42.9 Å². The Labute approximate surface area is 232 Å². The average Bonchev–Trinajstić information content (AvgIpc) is 2.94. The Morgan fingerprint density at radius 3 is 2.05 bits per heavy atom. The summed E-state index contributed by atoms with van der Waals surface area (Å²) in [6, 6.07) is 11.0. The third-order valence-electron chi connectivity index (χ3n) is 5.30. The summed E-state index contributed by atoms with van der Waals surface area (Å²) in [5, 5.41) is 10.2. The van der Waals surface area contributed by atoms with Gasteiger partial charge in [0.1, 0.15) is 19.0 Å². The lowest BCUT2D eigenvalue weighted by molar-refractivity contribution is -0.148. The van der Waals surface area contributed by atoms with Crippen LogP contribution in [0, 0.1) is 11.3 Å². The van der Waals surface area contributed by atoms with Crippen molar-refractivity contribution >= 4 is 41.7 Å². The maximum absolute atomic E-state index is 12.8. The van der Waals surface area contributed by atoms with Crippen molar-refractivity contribution in [3.05, 3.63) is 59.7 Å². The molecule has 214 valence electrons. The van der Waals surface area contributed by atoms with Crippen molar-refractivity contribution in [1.82, 2.24) is 5.32 Å². The molecule has 0 saturated carbocycles. The summed E-state index contributed by atoms with van der Waals surface area (Å²) >= 11 is 0. The molecule has 0 unspecified atom stereocenters. The second-order valence-corrected chi connectivity index (χ2v) is 8.66. The van der Waals surface area contributed by atoms with Crippen LogP contribution in [0.3, 0.4) is 0 Å². The van der Waals surface area contributed by atoms with Gasteiger partial charge >= 0.3 is 18.0 Å². The fraction of sp³-hybridized carbons (Fsp3) is 0.357. The van der Waals surface area contributed by atoms with E-state index in [1.54, 1.807) is 27.7 Å². The van der Waals surface area contributed by atoms with Crippen LogP contribution in [0.5, 0.6) is 5.75 Å². The molecule has 0 aliphatic heterocycles. The first-order valence-corrected chi connectivity index (χ1v) is 12.5. The first kappa shape index (κ1) is 31.5. The van der Waals surface area contributed by atoms with Crippen LogP contribution in [0.15, 0.2) is 48.5 Å². The van der Waals surface area contributed by atoms with Crippen molar-refractivity contribution in [2.24, 2.45) is 5.92 Å². The Morgan fingerprint density at radius 2 is 1.48 bits per heavy atom. The van der Waals surface area contributed by atoms with Gasteiger partial charge in [-0.2, -0.15) is 0 Å². The number of carbonyl (C=O) groups is 5. The third-order valence-corrected chi connectivity index (χ3v) is 5.30. The number of rotatable bonds is 14. The Morgan fingerprint density at radius 1 is 0.875 bits per heavy atom. The molecule has 12 nitrogen and oxygen atoms in total. The number of hydrogen-bond acceptors (Lipinski definition) is 10. The molecule has 1 atom stereocenters. The lowest BCUT2D eigenvalue weighted by Crippen LogP contribution is -2.38. The van der Waals surface area contributed by atoms with Crippen molar-refractivity contribution in [3.8, 4) is 5.75 Å². The van der Waals surface area contributed by atoms with Crippen LogP contribution in [-0.4, -0.2) is 68.5 Å². The van der Waals surface area contributed by atoms with E-state index < -0.39 is 30.0 Å². The number of carbonyl (C=O) groups excluding carboxylic acids is 5. The Balaban J connectivity index is 1.90. The molecule has 0 bridgehead atoms. The predicted octanol–water partition coefficient (Wildman–Crippen LogP) is 3.38. The summed E-state index contributed by atoms with van der Waals surface area (Å²) in [7, 11) is 0. The number of nitrogens with zero attached hydrogens (tertiary/aromatic N) is 1. The van der Waals surface area contributed by atoms with Crippen LogP contribution in [0.4, 0.5) is 10.5 Å². The normalized spacial score (nSPS) is 11.1. The second kappa shape index (κ2) is 15.6. The number of ether oxygens (including phenoxy) is 4. The fourth-order valence-corrected chi connectivity index (χ4v) is 3.17. The molecule has 2 N–H and O–H groups in total. The number of hydrogen-bond donors (Lipinski definition) is 2. The summed E-state index contributed by atoms with van der Waals surface area (Å²) in [5.74, 6) is -1.68. The van der Waals surface area contributed by atoms with Gasteiger partial charge in [-0.1, -0.05) is 13.8 Å². The van der Waals surface area contributed by atoms with E-state index in [-0.39, 0.29) is 49.4 Å². The zero-order valence-electron chi connectivity index (χ0n) is 22.8. The van der Waals surface area contributed by atoms with Crippen molar-refractivity contribution in [2.75, 3.05) is 31.3 Å². The van der Waals surface area contributed by atoms with Gasteiger partial charge in [-0.15, -0.1) is 0 Å². The highest BCUT2D eigenvalue weighted by molar-refractivity contribution is 6.06. The van der Waals surface area contributed by atoms with Gasteiger partial charge in [0.05, 0.1) is 30.6 Å². The van der Waals surface area contributed by atoms with E-state index in [2.05, 4.69) is 5.32 Å². The molecule has 0 spiro atoms. The summed E-state index contributed by atoms with van der Waals surface area (Å²) in [6.45, 7) is 6.30. The first-order valence-electron chi connectivity index (χ1n) is 12.5. The van der Waals surface area contributed by atoms with E-state index in [1.807, 2.05) is 0 Å². The number of esters is 2. The average molecular weight is 556 g/mol. The van der Waals surface area contributed by atoms with E-state index in [0.717, 1.165) is 11.2 Å². The molecule has 0 aliphatic carbocycles. The smallest absolute Gasteiger partial charge is 0.419 e. The van der Waals surface area contributed by atoms with Crippen molar-refractivity contribution in [2.45, 2.75) is 33.7 Å². The van der Waals surface area contributed by atoms with Crippen LogP contribution >= 0.6 is 0 Å². The third kappa shape index (κ3) is 9.53. The molecule has 2 aromatic rings. The Bertz CT molecular complexity index is 1190. The standard InChI is InChI=1S/C28H33N3O9/c1-5-37-24(32)16-40-23-12-8-20(9-13-23)25(33)19(4)30-26(34)21-6-10-22(11-7-21)31(17-29)28(36)39-15-14-38-27(35)18(2)3/h6-13,17-19,29H,5,14-16H2,1-4H3,(H,30,34)/t19-/m0/s1. The zero-order chi connectivity index (χ0) is 29.7. The van der Waals surface area contributed by atoms with Gasteiger partial charge in [0, 0.05) is 11.1 Å². The molecular formula is C28H33N3O9. The summed E-state index contributed by atoms with van der Waals surface area (Å²) in [5.41, 5.74) is 0.834. The largest absolute Gasteiger partial charge is 0.482 e. The minimum atomic E-state index is -0.857. The van der Waals surface area contributed by atoms with Gasteiger partial charge in [-0.3, -0.25) is 19.8 Å². The van der Waals surface area contributed by atoms with E-state index in [4.69, 9.17) is 24.4 Å². The van der Waals surface area contributed by atoms with Crippen LogP contribution in [0.2, 0.25) is 0 Å². The van der Waals surface area contributed by atoms with Gasteiger partial charge in [-0.05, 0) is 62.4 Å². The summed E-state index contributed by atoms with van der Waals surface area (Å²) < 4.78 is 20.1. The fourth-order valence-electron chi connectivity index (χ4n) is 3.17. The topological polar surface area (TPSA) is 161 Å². The Hall–Kier alpha value is -4.74. The molecule has 2 amide bonds. The maximum atomic E-state index is 12.8. The monoisotopic (exact) mass is 555 g/mol. The van der Waals surface area contributed by atoms with Crippen LogP contribution in [0.1, 0.15) is 48.4 Å². The second-order valence-electron chi connectivity index (χ2n) is 8.66. The molecule has 0 radical (unpaired) electrons. The van der Waals surface area contributed by atoms with E-state index in [1.165, 1.54) is 48.5 Å². The molecule has 12 heteroatoms. The molecule has 0 aliphatic rings. The molecule has 0 heterocycles. The van der Waals surface area contributed by atoms with Gasteiger partial charge in [0.2, 0.25) is 0 Å². The molecule has 0 saturated heterocycles. The lowest BCUT2D eigenvalue weighted by Gasteiger charge is -2.18. The minimum Gasteiger partial charge on any atom is -0.482 e. The van der Waals surface area contributed by atoms with E-state index >= 15 is 0 Å². The molecule has 40 heavy (non-hydrogen) atoms. The molecule has 0 aromatic heterocycles. The number of amides is 2. The van der Waals surface area contributed by atoms with Crippen LogP contribution in [0.25, 0.3) is 0 Å². The highest BCUT2D eigenvalue weighted by Crippen LogP contribution is 2.17. The molecular weight excluding hydrogens is 522 g/mol. The minimum absolute atomic E-state index is 0.113. The first-order chi connectivity index (χ1) is 19.1. The number of anilines is 1. The van der Waals surface area contributed by atoms with Crippen molar-refractivity contribution in [3.63, 3.8) is 0 Å². The number of Topliss-reactive ketones (excluding diaryl/α,β-unsaturated/α-hetero) is 1. The molecule has 0 fully saturated rings. The van der Waals surface area contributed by atoms with Gasteiger partial charge < -0.3 is 24.3 Å². The highest BCUT2D eigenvalue weighted by atomic mass is 16.6. The van der Waals surface area contributed by atoms with Crippen LogP contribution in [-0.2, 0) is 23.8 Å². The summed E-state index contributed by atoms with van der Waals surface area (Å²) in [4.78, 5) is 61.5. The van der Waals surface area contributed by atoms with Gasteiger partial charge in [0.25, 0.3) is 5.91 Å². The van der Waals surface area contributed by atoms with E-state index in [9.17, 15) is 24.0 Å². The van der Waals surface area contributed by atoms with Crippen LogP contribution < -0.4 is 15.0 Å². The van der Waals surface area contributed by atoms with Crippen molar-refractivity contribution in [1.29, 1.82) is 5.41 Å². The Kier molecular flexibility index (Phi) is 12.3. The maximum Gasteiger partial charge on any atom is 0.419 e. The SMILES string of the molecule is CCOC(=O)COc1ccc(C(=O)[C@H](C)NC(=O)c2ccc(N(C=N)C(=O)OCCOC(=O)C(C)C)cc2)cc1. The molecule has 2 aromatic carbocycles. The van der Waals surface area contributed by atoms with E-state index in [0.29, 0.717) is 11.3 Å². The summed E-state index contributed by atoms with van der Waals surface area (Å²) in [6.07, 6.45) is -0.102. The van der Waals surface area contributed by atoms with Gasteiger partial charge in [0.15, 0.2) is 12.4 Å². The zero-order valence-corrected chi connectivity index (χ0v) is 22.8. The quantitative estimate of drug-likeness (QED) is 0.0889. The highest BCUT2D eigenvalue weighted by Gasteiger charge is 2.20.